The molecule has 0 radical (unpaired) electrons. The quantitative estimate of drug-likeness (QED) is 0.365. The van der Waals surface area contributed by atoms with Crippen LogP contribution in [-0.2, 0) is 12.7 Å². The molecule has 0 saturated carbocycles. The van der Waals surface area contributed by atoms with Gasteiger partial charge in [-0.25, -0.2) is 9.78 Å². The van der Waals surface area contributed by atoms with Crippen molar-refractivity contribution in [1.82, 2.24) is 19.9 Å². The minimum Gasteiger partial charge on any atom is -0.358 e. The van der Waals surface area contributed by atoms with Gasteiger partial charge in [0.2, 0.25) is 0 Å². The summed E-state index contributed by atoms with van der Waals surface area (Å²) in [7, 11) is 0. The molecule has 0 atom stereocenters. The molecule has 0 bridgehead atoms. The Morgan fingerprint density at radius 2 is 1.78 bits per heavy atom. The summed E-state index contributed by atoms with van der Waals surface area (Å²) in [5.41, 5.74) is 2.50. The highest BCUT2D eigenvalue weighted by Crippen LogP contribution is 2.30. The van der Waals surface area contributed by atoms with E-state index < -0.39 is 17.8 Å². The van der Waals surface area contributed by atoms with Gasteiger partial charge in [0.05, 0.1) is 16.8 Å². The lowest BCUT2D eigenvalue weighted by molar-refractivity contribution is -0.137. The van der Waals surface area contributed by atoms with Crippen molar-refractivity contribution in [2.24, 2.45) is 0 Å². The van der Waals surface area contributed by atoms with Crippen LogP contribution in [0.5, 0.6) is 0 Å². The van der Waals surface area contributed by atoms with Crippen LogP contribution in [0.3, 0.4) is 0 Å². The van der Waals surface area contributed by atoms with E-state index in [4.69, 9.17) is 4.98 Å². The van der Waals surface area contributed by atoms with Crippen LogP contribution < -0.4 is 15.5 Å². The molecule has 8 nitrogen and oxygen atoms in total. The number of aromatic amines is 1. The largest absolute Gasteiger partial charge is 0.416 e. The molecule has 36 heavy (non-hydrogen) atoms. The highest BCUT2D eigenvalue weighted by atomic mass is 19.4. The SMILES string of the molecule is O=C(Nc1ccc(C(F)(F)F)cc1)Nc1c[nH]c2ccc(N3CCN(Cc4cccnc4)CC3)nc12. The number of halogens is 3. The van der Waals surface area contributed by atoms with E-state index in [1.54, 1.807) is 12.4 Å². The number of urea groups is 1. The second-order valence-electron chi connectivity index (χ2n) is 8.55. The van der Waals surface area contributed by atoms with E-state index in [1.807, 2.05) is 24.4 Å². The number of carbonyl (C=O) groups is 1. The predicted octanol–water partition coefficient (Wildman–Crippen LogP) is 4.94. The summed E-state index contributed by atoms with van der Waals surface area (Å²) in [5.74, 6) is 0.814. The maximum atomic E-state index is 12.7. The first-order valence-corrected chi connectivity index (χ1v) is 11.4. The normalized spacial score (nSPS) is 14.7. The van der Waals surface area contributed by atoms with E-state index in [9.17, 15) is 18.0 Å². The van der Waals surface area contributed by atoms with Crippen molar-refractivity contribution in [2.45, 2.75) is 12.7 Å². The molecular formula is C25H24F3N7O. The third-order valence-corrected chi connectivity index (χ3v) is 6.05. The van der Waals surface area contributed by atoms with E-state index in [2.05, 4.69) is 36.5 Å². The Hall–Kier alpha value is -4.12. The number of carbonyl (C=O) groups excluding carboxylic acids is 1. The van der Waals surface area contributed by atoms with Crippen LogP contribution in [0.4, 0.5) is 35.2 Å². The van der Waals surface area contributed by atoms with Crippen LogP contribution in [0, 0.1) is 0 Å². The molecule has 1 saturated heterocycles. The highest BCUT2D eigenvalue weighted by molar-refractivity contribution is 6.05. The first-order valence-electron chi connectivity index (χ1n) is 11.4. The Morgan fingerprint density at radius 3 is 2.47 bits per heavy atom. The minimum atomic E-state index is -4.43. The summed E-state index contributed by atoms with van der Waals surface area (Å²) >= 11 is 0. The summed E-state index contributed by atoms with van der Waals surface area (Å²) in [5, 5.41) is 5.27. The number of aromatic nitrogens is 3. The third kappa shape index (κ3) is 5.41. The molecule has 1 aliphatic rings. The summed E-state index contributed by atoms with van der Waals surface area (Å²) in [4.78, 5) is 29.1. The smallest absolute Gasteiger partial charge is 0.358 e. The van der Waals surface area contributed by atoms with Crippen molar-refractivity contribution in [3.05, 3.63) is 78.2 Å². The number of hydrogen-bond acceptors (Lipinski definition) is 5. The molecular weight excluding hydrogens is 471 g/mol. The number of H-pyrrole nitrogens is 1. The Labute approximate surface area is 205 Å². The molecule has 186 valence electrons. The van der Waals surface area contributed by atoms with Crippen molar-refractivity contribution in [2.75, 3.05) is 41.7 Å². The molecule has 1 aliphatic heterocycles. The van der Waals surface area contributed by atoms with Gasteiger partial charge in [0.25, 0.3) is 0 Å². The topological polar surface area (TPSA) is 89.2 Å². The van der Waals surface area contributed by atoms with E-state index in [0.29, 0.717) is 11.2 Å². The molecule has 3 N–H and O–H groups in total. The van der Waals surface area contributed by atoms with Gasteiger partial charge in [-0.1, -0.05) is 6.07 Å². The lowest BCUT2D eigenvalue weighted by Crippen LogP contribution is -2.46. The number of amides is 2. The van der Waals surface area contributed by atoms with E-state index in [0.717, 1.165) is 56.2 Å². The van der Waals surface area contributed by atoms with Gasteiger partial charge in [-0.15, -0.1) is 0 Å². The number of nitrogens with one attached hydrogen (secondary N) is 3. The number of fused-ring (bicyclic) bond motifs is 1. The van der Waals surface area contributed by atoms with Crippen LogP contribution in [-0.4, -0.2) is 52.1 Å². The average molecular weight is 496 g/mol. The van der Waals surface area contributed by atoms with Crippen molar-refractivity contribution < 1.29 is 18.0 Å². The first-order chi connectivity index (χ1) is 17.3. The van der Waals surface area contributed by atoms with Crippen LogP contribution in [0.25, 0.3) is 11.0 Å². The molecule has 4 aromatic rings. The van der Waals surface area contributed by atoms with Gasteiger partial charge in [0, 0.05) is 57.0 Å². The number of piperazine rings is 1. The Morgan fingerprint density at radius 1 is 1.00 bits per heavy atom. The molecule has 2 amide bonds. The van der Waals surface area contributed by atoms with Gasteiger partial charge in [-0.05, 0) is 48.0 Å². The zero-order chi connectivity index (χ0) is 25.1. The summed E-state index contributed by atoms with van der Waals surface area (Å²) in [6.07, 6.45) is 0.863. The highest BCUT2D eigenvalue weighted by Gasteiger charge is 2.30. The van der Waals surface area contributed by atoms with Gasteiger partial charge >= 0.3 is 12.2 Å². The standard InChI is InChI=1S/C25H24F3N7O/c26-25(27,28)18-3-5-19(6-4-18)31-24(36)32-21-15-30-20-7-8-22(33-23(20)21)35-12-10-34(11-13-35)16-17-2-1-9-29-14-17/h1-9,14-15,30H,10-13,16H2,(H2,31,32,36). The second-order valence-corrected chi connectivity index (χ2v) is 8.55. The fraction of sp³-hybridized carbons (Fsp3) is 0.240. The minimum absolute atomic E-state index is 0.248. The van der Waals surface area contributed by atoms with Crippen molar-refractivity contribution in [3.8, 4) is 0 Å². The van der Waals surface area contributed by atoms with Crippen LogP contribution in [0.1, 0.15) is 11.1 Å². The summed E-state index contributed by atoms with van der Waals surface area (Å²) < 4.78 is 38.2. The van der Waals surface area contributed by atoms with Gasteiger partial charge in [0.1, 0.15) is 11.3 Å². The van der Waals surface area contributed by atoms with Gasteiger partial charge in [-0.2, -0.15) is 13.2 Å². The number of alkyl halides is 3. The number of hydrogen-bond donors (Lipinski definition) is 3. The number of benzene rings is 1. The Bertz CT molecular complexity index is 1330. The Balaban J connectivity index is 1.22. The first kappa shape index (κ1) is 23.6. The molecule has 0 spiro atoms. The molecule has 0 aliphatic carbocycles. The number of nitrogens with zero attached hydrogens (tertiary/aromatic N) is 4. The van der Waals surface area contributed by atoms with Crippen molar-refractivity contribution >= 4 is 34.3 Å². The maximum absolute atomic E-state index is 12.7. The second kappa shape index (κ2) is 9.86. The van der Waals surface area contributed by atoms with Crippen molar-refractivity contribution in [1.29, 1.82) is 0 Å². The third-order valence-electron chi connectivity index (χ3n) is 6.05. The van der Waals surface area contributed by atoms with Crippen LogP contribution in [0.15, 0.2) is 67.1 Å². The summed E-state index contributed by atoms with van der Waals surface area (Å²) in [6.45, 7) is 4.28. The fourth-order valence-electron chi connectivity index (χ4n) is 4.17. The lowest BCUT2D eigenvalue weighted by atomic mass is 10.2. The molecule has 11 heteroatoms. The molecule has 1 fully saturated rings. The number of pyridine rings is 2. The predicted molar refractivity (Wildman–Crippen MR) is 132 cm³/mol. The van der Waals surface area contributed by atoms with Gasteiger partial charge < -0.3 is 20.5 Å². The van der Waals surface area contributed by atoms with Crippen molar-refractivity contribution in [3.63, 3.8) is 0 Å². The van der Waals surface area contributed by atoms with Gasteiger partial charge in [-0.3, -0.25) is 9.88 Å². The monoisotopic (exact) mass is 495 g/mol. The molecule has 3 aromatic heterocycles. The van der Waals surface area contributed by atoms with E-state index in [1.165, 1.54) is 17.7 Å². The van der Waals surface area contributed by atoms with E-state index in [-0.39, 0.29) is 5.69 Å². The number of anilines is 3. The average Bonchev–Trinajstić information content (AvgIpc) is 3.26. The molecule has 0 unspecified atom stereocenters. The zero-order valence-corrected chi connectivity index (χ0v) is 19.2. The Kier molecular flexibility index (Phi) is 6.47. The van der Waals surface area contributed by atoms with Crippen LogP contribution >= 0.6 is 0 Å². The summed E-state index contributed by atoms with van der Waals surface area (Å²) in [6, 6.07) is 11.6. The fourth-order valence-corrected chi connectivity index (χ4v) is 4.17. The van der Waals surface area contributed by atoms with E-state index >= 15 is 0 Å². The molecule has 5 rings (SSSR count). The van der Waals surface area contributed by atoms with Gasteiger partial charge in [0.15, 0.2) is 0 Å². The number of rotatable bonds is 5. The zero-order valence-electron chi connectivity index (χ0n) is 19.2. The molecule has 1 aromatic carbocycles. The molecule has 4 heterocycles. The van der Waals surface area contributed by atoms with Crippen LogP contribution in [0.2, 0.25) is 0 Å². The maximum Gasteiger partial charge on any atom is 0.416 e. The lowest BCUT2D eigenvalue weighted by Gasteiger charge is -2.35.